The van der Waals surface area contributed by atoms with Crippen LogP contribution in [0.2, 0.25) is 0 Å². The smallest absolute Gasteiger partial charge is 0.0910 e. The van der Waals surface area contributed by atoms with Crippen LogP contribution in [0.4, 0.5) is 0 Å². The van der Waals surface area contributed by atoms with Crippen LogP contribution in [0.15, 0.2) is 22.7 Å². The van der Waals surface area contributed by atoms with Crippen LogP contribution < -0.4 is 0 Å². The predicted molar refractivity (Wildman–Crippen MR) is 75.7 cm³/mol. The van der Waals surface area contributed by atoms with Gasteiger partial charge in [0.25, 0.3) is 0 Å². The summed E-state index contributed by atoms with van der Waals surface area (Å²) in [5.74, 6) is 6.17. The average Bonchev–Trinajstić information content (AvgIpc) is 2.15. The fraction of sp³-hybridized carbons (Fsp3) is 0.467. The Morgan fingerprint density at radius 1 is 1.35 bits per heavy atom. The molecule has 0 saturated heterocycles. The van der Waals surface area contributed by atoms with Crippen molar-refractivity contribution in [3.05, 3.63) is 33.8 Å². The minimum atomic E-state index is -0.528. The van der Waals surface area contributed by atoms with Gasteiger partial charge in [-0.3, -0.25) is 0 Å². The summed E-state index contributed by atoms with van der Waals surface area (Å²) in [5.41, 5.74) is 2.07. The van der Waals surface area contributed by atoms with Crippen LogP contribution in [-0.2, 0) is 0 Å². The van der Waals surface area contributed by atoms with E-state index in [-0.39, 0.29) is 5.41 Å². The number of hydrogen-bond acceptors (Lipinski definition) is 1. The second kappa shape index (κ2) is 5.71. The second-order valence-electron chi connectivity index (χ2n) is 5.30. The third kappa shape index (κ3) is 4.93. The normalized spacial score (nSPS) is 12.8. The average molecular weight is 295 g/mol. The molecule has 0 heterocycles. The van der Waals surface area contributed by atoms with E-state index in [0.29, 0.717) is 6.42 Å². The van der Waals surface area contributed by atoms with Crippen LogP contribution >= 0.6 is 15.9 Å². The maximum atomic E-state index is 10.1. The molecule has 0 saturated carbocycles. The van der Waals surface area contributed by atoms with E-state index in [1.165, 1.54) is 5.56 Å². The molecule has 2 heteroatoms. The Bertz CT molecular complexity index is 446. The molecule has 0 aliphatic carbocycles. The van der Waals surface area contributed by atoms with E-state index in [4.69, 9.17) is 0 Å². The summed E-state index contributed by atoms with van der Waals surface area (Å²) < 4.78 is 0.947. The first kappa shape index (κ1) is 14.3. The fourth-order valence-electron chi connectivity index (χ4n) is 1.43. The van der Waals surface area contributed by atoms with Crippen molar-refractivity contribution in [3.8, 4) is 11.8 Å². The molecule has 1 atom stereocenters. The molecule has 1 nitrogen and oxygen atoms in total. The zero-order chi connectivity index (χ0) is 13.1. The highest BCUT2D eigenvalue weighted by molar-refractivity contribution is 9.10. The van der Waals surface area contributed by atoms with Crippen molar-refractivity contribution in [1.82, 2.24) is 0 Å². The summed E-state index contributed by atoms with van der Waals surface area (Å²) in [4.78, 5) is 0. The Balaban J connectivity index is 2.76. The molecule has 1 N–H and O–H groups in total. The summed E-state index contributed by atoms with van der Waals surface area (Å²) >= 11 is 3.47. The van der Waals surface area contributed by atoms with E-state index in [1.807, 2.05) is 25.1 Å². The monoisotopic (exact) mass is 294 g/mol. The summed E-state index contributed by atoms with van der Waals surface area (Å²) in [6.07, 6.45) is -0.0568. The van der Waals surface area contributed by atoms with Crippen molar-refractivity contribution >= 4 is 15.9 Å². The standard InChI is InChI=1S/C15H19BrO/c1-11-7-8-12(13(16)10-11)14(17)6-5-9-15(2,3)4/h7-8,10,14,17H,6H2,1-4H3. The topological polar surface area (TPSA) is 20.2 Å². The van der Waals surface area contributed by atoms with Crippen molar-refractivity contribution in [2.24, 2.45) is 5.41 Å². The van der Waals surface area contributed by atoms with Crippen LogP contribution in [0.5, 0.6) is 0 Å². The van der Waals surface area contributed by atoms with Crippen LogP contribution in [0, 0.1) is 24.2 Å². The van der Waals surface area contributed by atoms with Gasteiger partial charge in [-0.15, -0.1) is 0 Å². The maximum Gasteiger partial charge on any atom is 0.0910 e. The molecule has 1 aromatic rings. The van der Waals surface area contributed by atoms with Gasteiger partial charge in [-0.25, -0.2) is 0 Å². The highest BCUT2D eigenvalue weighted by atomic mass is 79.9. The van der Waals surface area contributed by atoms with Gasteiger partial charge < -0.3 is 5.11 Å². The summed E-state index contributed by atoms with van der Waals surface area (Å²) in [7, 11) is 0. The molecule has 1 rings (SSSR count). The first-order valence-corrected chi connectivity index (χ1v) is 6.53. The maximum absolute atomic E-state index is 10.1. The first-order valence-electron chi connectivity index (χ1n) is 5.74. The molecule has 0 amide bonds. The lowest BCUT2D eigenvalue weighted by Gasteiger charge is -2.11. The van der Waals surface area contributed by atoms with Gasteiger partial charge in [-0.1, -0.05) is 39.9 Å². The van der Waals surface area contributed by atoms with Gasteiger partial charge in [0.15, 0.2) is 0 Å². The third-order valence-electron chi connectivity index (χ3n) is 2.27. The Morgan fingerprint density at radius 2 is 2.00 bits per heavy atom. The SMILES string of the molecule is Cc1ccc(C(O)CC#CC(C)(C)C)c(Br)c1. The van der Waals surface area contributed by atoms with E-state index in [9.17, 15) is 5.11 Å². The van der Waals surface area contributed by atoms with Gasteiger partial charge in [0.05, 0.1) is 6.10 Å². The summed E-state index contributed by atoms with van der Waals surface area (Å²) in [6, 6.07) is 5.96. The quantitative estimate of drug-likeness (QED) is 0.809. The number of halogens is 1. The van der Waals surface area contributed by atoms with Gasteiger partial charge in [-0.2, -0.15) is 0 Å². The molecule has 92 valence electrons. The Kier molecular flexibility index (Phi) is 4.80. The third-order valence-corrected chi connectivity index (χ3v) is 2.96. The van der Waals surface area contributed by atoms with E-state index in [1.54, 1.807) is 0 Å². The number of rotatable bonds is 2. The minimum Gasteiger partial charge on any atom is -0.387 e. The van der Waals surface area contributed by atoms with Crippen molar-refractivity contribution < 1.29 is 5.11 Å². The van der Waals surface area contributed by atoms with Crippen molar-refractivity contribution in [2.75, 3.05) is 0 Å². The molecular weight excluding hydrogens is 276 g/mol. The highest BCUT2D eigenvalue weighted by Gasteiger charge is 2.10. The molecular formula is C15H19BrO. The lowest BCUT2D eigenvalue weighted by molar-refractivity contribution is 0.183. The Labute approximate surface area is 112 Å². The van der Waals surface area contributed by atoms with Crippen molar-refractivity contribution in [1.29, 1.82) is 0 Å². The second-order valence-corrected chi connectivity index (χ2v) is 6.15. The van der Waals surface area contributed by atoms with Crippen LogP contribution in [0.1, 0.15) is 44.4 Å². The molecule has 0 aliphatic heterocycles. The van der Waals surface area contributed by atoms with Gasteiger partial charge >= 0.3 is 0 Å². The zero-order valence-corrected chi connectivity index (χ0v) is 12.4. The number of aliphatic hydroxyl groups is 1. The number of aryl methyl sites for hydroxylation is 1. The lowest BCUT2D eigenvalue weighted by Crippen LogP contribution is -2.01. The number of benzene rings is 1. The number of hydrogen-bond donors (Lipinski definition) is 1. The highest BCUT2D eigenvalue weighted by Crippen LogP contribution is 2.26. The van der Waals surface area contributed by atoms with E-state index >= 15 is 0 Å². The van der Waals surface area contributed by atoms with E-state index in [0.717, 1.165) is 10.0 Å². The molecule has 0 fully saturated rings. The van der Waals surface area contributed by atoms with Gasteiger partial charge in [0.1, 0.15) is 0 Å². The van der Waals surface area contributed by atoms with E-state index in [2.05, 4.69) is 48.5 Å². The summed E-state index contributed by atoms with van der Waals surface area (Å²) in [5, 5.41) is 10.1. The van der Waals surface area contributed by atoms with Crippen molar-refractivity contribution in [3.63, 3.8) is 0 Å². The number of aliphatic hydroxyl groups excluding tert-OH is 1. The molecule has 0 spiro atoms. The fourth-order valence-corrected chi connectivity index (χ4v) is 2.18. The molecule has 0 aromatic heterocycles. The Hall–Kier alpha value is -0.780. The van der Waals surface area contributed by atoms with Crippen molar-refractivity contribution in [2.45, 2.75) is 40.2 Å². The minimum absolute atomic E-state index is 0.00969. The van der Waals surface area contributed by atoms with E-state index < -0.39 is 6.10 Å². The molecule has 1 unspecified atom stereocenters. The summed E-state index contributed by atoms with van der Waals surface area (Å²) in [6.45, 7) is 8.22. The van der Waals surface area contributed by atoms with Crippen LogP contribution in [-0.4, -0.2) is 5.11 Å². The van der Waals surface area contributed by atoms with Crippen LogP contribution in [0.25, 0.3) is 0 Å². The molecule has 17 heavy (non-hydrogen) atoms. The van der Waals surface area contributed by atoms with Crippen LogP contribution in [0.3, 0.4) is 0 Å². The largest absolute Gasteiger partial charge is 0.387 e. The first-order chi connectivity index (χ1) is 7.79. The predicted octanol–water partition coefficient (Wildman–Crippen LogP) is 4.23. The molecule has 0 aliphatic rings. The van der Waals surface area contributed by atoms with Gasteiger partial charge in [0.2, 0.25) is 0 Å². The Morgan fingerprint density at radius 3 is 2.53 bits per heavy atom. The lowest BCUT2D eigenvalue weighted by atomic mass is 9.97. The molecule has 0 radical (unpaired) electrons. The van der Waals surface area contributed by atoms with Gasteiger partial charge in [0, 0.05) is 16.3 Å². The van der Waals surface area contributed by atoms with Gasteiger partial charge in [-0.05, 0) is 44.9 Å². The zero-order valence-electron chi connectivity index (χ0n) is 10.8. The molecule has 1 aromatic carbocycles. The molecule has 0 bridgehead atoms.